The van der Waals surface area contributed by atoms with Crippen LogP contribution in [0, 0.1) is 23.2 Å². The molecule has 3 aromatic carbocycles. The van der Waals surface area contributed by atoms with Crippen molar-refractivity contribution in [3.63, 3.8) is 0 Å². The summed E-state index contributed by atoms with van der Waals surface area (Å²) >= 11 is -1.42. The van der Waals surface area contributed by atoms with E-state index >= 15 is 0 Å². The van der Waals surface area contributed by atoms with Crippen LogP contribution in [0.3, 0.4) is 0 Å². The van der Waals surface area contributed by atoms with E-state index in [1.54, 1.807) is 0 Å². The first kappa shape index (κ1) is 56.0. The van der Waals surface area contributed by atoms with Gasteiger partial charge >= 0.3 is 26.0 Å². The van der Waals surface area contributed by atoms with E-state index in [-0.39, 0.29) is 36.6 Å². The largest absolute Gasteiger partial charge is 0.616 e. The zero-order chi connectivity index (χ0) is 51.5. The summed E-state index contributed by atoms with van der Waals surface area (Å²) in [7, 11) is -4.09. The SMILES string of the molecule is C[C@]12CC[C@@H]3c4ccc(OP(=O)(OCc5ccccc5)OCc5ccccc5)cc4C[C@@H](CCCCCCCCC[S+]([O-])CCCC(F)(F)C(F)(F)F)[C@H]3[C@@H]1CC[C@@H]2OC(=O)N1CCC(N2CCCCC2)CC1. The Morgan fingerprint density at radius 1 is 0.753 bits per heavy atom. The molecule has 2 aliphatic heterocycles. The average Bonchev–Trinajstić information content (AvgIpc) is 3.72. The van der Waals surface area contributed by atoms with E-state index in [0.29, 0.717) is 47.6 Å². The highest BCUT2D eigenvalue weighted by Gasteiger charge is 2.59. The second-order valence-electron chi connectivity index (χ2n) is 21.9. The fourth-order valence-corrected chi connectivity index (χ4v) is 15.4. The number of piperidine rings is 2. The Morgan fingerprint density at radius 2 is 1.37 bits per heavy atom. The average molecular weight is 1060 g/mol. The Kier molecular flexibility index (Phi) is 19.8. The maximum Gasteiger partial charge on any atom is 0.530 e. The molecule has 7 atom stereocenters. The van der Waals surface area contributed by atoms with Crippen molar-refractivity contribution in [2.45, 2.75) is 179 Å². The number of carbonyl (C=O) groups excluding carboxylic acids is 1. The van der Waals surface area contributed by atoms with Crippen LogP contribution in [-0.4, -0.2) is 82.4 Å². The topological polar surface area (TPSA) is 101 Å². The van der Waals surface area contributed by atoms with Gasteiger partial charge in [0.2, 0.25) is 0 Å². The van der Waals surface area contributed by atoms with Crippen LogP contribution in [0.4, 0.5) is 26.7 Å². The molecule has 0 N–H and O–H groups in total. The number of phosphoric acid groups is 1. The molecule has 0 bridgehead atoms. The van der Waals surface area contributed by atoms with Crippen LogP contribution in [0.2, 0.25) is 0 Å². The molecule has 404 valence electrons. The molecule has 3 aromatic rings. The van der Waals surface area contributed by atoms with Crippen LogP contribution in [0.5, 0.6) is 5.75 Å². The number of rotatable bonds is 24. The first-order valence-corrected chi connectivity index (χ1v) is 30.3. The number of benzene rings is 3. The highest BCUT2D eigenvalue weighted by Crippen LogP contribution is 2.64. The van der Waals surface area contributed by atoms with Gasteiger partial charge in [-0.15, -0.1) is 0 Å². The predicted octanol–water partition coefficient (Wildman–Crippen LogP) is 15.0. The van der Waals surface area contributed by atoms with Gasteiger partial charge in [0.05, 0.1) is 13.2 Å². The number of unbranched alkanes of at least 4 members (excludes halogenated alkanes) is 6. The summed E-state index contributed by atoms with van der Waals surface area (Å²) in [4.78, 5) is 18.5. The zero-order valence-electron chi connectivity index (χ0n) is 42.8. The molecule has 2 saturated carbocycles. The number of carbonyl (C=O) groups is 1. The monoisotopic (exact) mass is 1060 g/mol. The highest BCUT2D eigenvalue weighted by atomic mass is 32.2. The van der Waals surface area contributed by atoms with Crippen LogP contribution < -0.4 is 4.52 Å². The van der Waals surface area contributed by atoms with E-state index < -0.39 is 43.9 Å². The minimum atomic E-state index is -5.58. The molecular formula is C57H78F5N2O7PS. The number of amides is 1. The van der Waals surface area contributed by atoms with Crippen molar-refractivity contribution >= 4 is 25.1 Å². The number of hydrogen-bond donors (Lipinski definition) is 0. The number of alkyl halides is 5. The van der Waals surface area contributed by atoms with Crippen molar-refractivity contribution in [1.29, 1.82) is 0 Å². The van der Waals surface area contributed by atoms with Gasteiger partial charge in [-0.3, -0.25) is 9.05 Å². The third kappa shape index (κ3) is 14.8. The number of hydrogen-bond acceptors (Lipinski definition) is 8. The highest BCUT2D eigenvalue weighted by molar-refractivity contribution is 7.91. The molecule has 2 heterocycles. The lowest BCUT2D eigenvalue weighted by molar-refractivity contribution is -0.284. The first-order chi connectivity index (χ1) is 35.1. The van der Waals surface area contributed by atoms with E-state index in [4.69, 9.17) is 18.3 Å². The van der Waals surface area contributed by atoms with Gasteiger partial charge in [-0.2, -0.15) is 22.0 Å². The summed E-state index contributed by atoms with van der Waals surface area (Å²) in [6, 6.07) is 25.8. The van der Waals surface area contributed by atoms with E-state index in [0.717, 1.165) is 114 Å². The molecule has 1 amide bonds. The number of phosphoric ester groups is 1. The van der Waals surface area contributed by atoms with Crippen molar-refractivity contribution in [3.8, 4) is 5.75 Å². The van der Waals surface area contributed by atoms with Crippen molar-refractivity contribution in [3.05, 3.63) is 101 Å². The molecule has 9 nitrogen and oxygen atoms in total. The Bertz CT molecular complexity index is 2190. The van der Waals surface area contributed by atoms with E-state index in [1.165, 1.54) is 43.5 Å². The van der Waals surface area contributed by atoms with Crippen LogP contribution in [0.25, 0.3) is 0 Å². The van der Waals surface area contributed by atoms with Gasteiger partial charge in [0.1, 0.15) is 23.4 Å². The summed E-state index contributed by atoms with van der Waals surface area (Å²) in [5.74, 6) is -2.63. The molecule has 0 radical (unpaired) electrons. The Hall–Kier alpha value is -3.20. The fraction of sp³-hybridized carbons (Fsp3) is 0.667. The molecule has 0 aromatic heterocycles. The van der Waals surface area contributed by atoms with Gasteiger partial charge in [-0.1, -0.05) is 123 Å². The molecule has 4 fully saturated rings. The standard InChI is InChI=1S/C57H78F5N2O7PS/c1-55-32-28-50-49-25-24-48(71-72(66,68-41-43-19-10-7-11-20-43)69-42-44-21-12-8-13-22-44)40-46(49)39-45(23-14-5-3-2-4-6-17-37-73(67)38-18-31-56(58,59)57(60,61)62)53(50)51(55)26-27-52(55)70-54(65)64-35-29-47(30-36-64)63-33-15-9-16-34-63/h7-8,10-13,19-22,24-25,40,45,47,50-53H,2-6,9,14-18,23,26-39,41-42H2,1H3/t45-,50-,51+,52+,53-,55+,73?/m1/s1. The number of halogens is 5. The number of likely N-dealkylation sites (tertiary alicyclic amines) is 2. The smallest absolute Gasteiger partial charge is 0.530 e. The van der Waals surface area contributed by atoms with Gasteiger partial charge < -0.3 is 23.6 Å². The second-order valence-corrected chi connectivity index (χ2v) is 25.2. The molecule has 73 heavy (non-hydrogen) atoms. The summed E-state index contributed by atoms with van der Waals surface area (Å²) in [6.45, 7) is 6.34. The summed E-state index contributed by atoms with van der Waals surface area (Å²) in [5, 5.41) is 0. The zero-order valence-corrected chi connectivity index (χ0v) is 44.5. The normalized spacial score (nSPS) is 25.4. The van der Waals surface area contributed by atoms with Crippen molar-refractivity contribution in [1.82, 2.24) is 9.80 Å². The lowest BCUT2D eigenvalue weighted by atomic mass is 9.52. The van der Waals surface area contributed by atoms with E-state index in [9.17, 15) is 35.9 Å². The Balaban J connectivity index is 0.900. The van der Waals surface area contributed by atoms with Crippen molar-refractivity contribution in [2.75, 3.05) is 37.7 Å². The number of ether oxygens (including phenoxy) is 1. The molecule has 1 unspecified atom stereocenters. The summed E-state index contributed by atoms with van der Waals surface area (Å²) < 4.78 is 116. The summed E-state index contributed by atoms with van der Waals surface area (Å²) in [6.07, 6.45) is 10.6. The minimum Gasteiger partial charge on any atom is -0.616 e. The van der Waals surface area contributed by atoms with Gasteiger partial charge in [-0.25, -0.2) is 9.36 Å². The lowest BCUT2D eigenvalue weighted by Gasteiger charge is -2.53. The molecule has 16 heteroatoms. The Labute approximate surface area is 433 Å². The minimum absolute atomic E-state index is 0.0566. The fourth-order valence-electron chi connectivity index (χ4n) is 13.1. The molecule has 3 aliphatic carbocycles. The first-order valence-electron chi connectivity index (χ1n) is 27.4. The van der Waals surface area contributed by atoms with Crippen LogP contribution in [0.1, 0.15) is 157 Å². The second kappa shape index (κ2) is 25.8. The Morgan fingerprint density at radius 3 is 2.01 bits per heavy atom. The van der Waals surface area contributed by atoms with Gasteiger partial charge in [0.25, 0.3) is 0 Å². The number of nitrogens with zero attached hydrogens (tertiary/aromatic N) is 2. The predicted molar refractivity (Wildman–Crippen MR) is 276 cm³/mol. The van der Waals surface area contributed by atoms with Crippen molar-refractivity contribution in [2.24, 2.45) is 23.2 Å². The summed E-state index contributed by atoms with van der Waals surface area (Å²) in [5.41, 5.74) is 4.09. The molecule has 8 rings (SSSR count). The third-order valence-corrected chi connectivity index (χ3v) is 19.9. The lowest BCUT2D eigenvalue weighted by Crippen LogP contribution is -2.51. The maximum absolute atomic E-state index is 14.5. The third-order valence-electron chi connectivity index (χ3n) is 17.1. The number of fused-ring (bicyclic) bond motifs is 5. The maximum atomic E-state index is 14.5. The van der Waals surface area contributed by atoms with Crippen molar-refractivity contribution < 1.29 is 54.2 Å². The molecule has 0 spiro atoms. The van der Waals surface area contributed by atoms with Crippen LogP contribution in [0.15, 0.2) is 78.9 Å². The molecular weight excluding hydrogens is 983 g/mol. The van der Waals surface area contributed by atoms with Crippen LogP contribution in [-0.2, 0) is 49.2 Å². The quantitative estimate of drug-likeness (QED) is 0.0378. The van der Waals surface area contributed by atoms with Gasteiger partial charge in [0, 0.05) is 31.0 Å². The van der Waals surface area contributed by atoms with Gasteiger partial charge in [-0.05, 0) is 155 Å². The van der Waals surface area contributed by atoms with Gasteiger partial charge in [0.15, 0.2) is 0 Å². The molecule has 5 aliphatic rings. The van der Waals surface area contributed by atoms with Crippen LogP contribution >= 0.6 is 7.82 Å². The van der Waals surface area contributed by atoms with E-state index in [1.807, 2.05) is 71.6 Å². The molecule has 2 saturated heterocycles. The van der Waals surface area contributed by atoms with E-state index in [2.05, 4.69) is 24.0 Å².